The molecule has 0 aliphatic carbocycles. The van der Waals surface area contributed by atoms with Gasteiger partial charge in [0, 0.05) is 25.5 Å². The van der Waals surface area contributed by atoms with Gasteiger partial charge in [0.15, 0.2) is 0 Å². The quantitative estimate of drug-likeness (QED) is 0.703. The second kappa shape index (κ2) is 5.32. The molecule has 0 unspecified atom stereocenters. The van der Waals surface area contributed by atoms with Gasteiger partial charge >= 0.3 is 0 Å². The van der Waals surface area contributed by atoms with Crippen LogP contribution >= 0.6 is 0 Å². The predicted octanol–water partition coefficient (Wildman–Crippen LogP) is 0.555. The third-order valence-electron chi connectivity index (χ3n) is 2.96. The molecule has 16 heavy (non-hydrogen) atoms. The Labute approximate surface area is 96.6 Å². The smallest absolute Gasteiger partial charge is 0.223 e. The van der Waals surface area contributed by atoms with E-state index >= 15 is 0 Å². The van der Waals surface area contributed by atoms with Crippen molar-refractivity contribution in [2.24, 2.45) is 5.41 Å². The summed E-state index contributed by atoms with van der Waals surface area (Å²) in [5.41, 5.74) is -0.507. The van der Waals surface area contributed by atoms with Gasteiger partial charge in [0.1, 0.15) is 0 Å². The van der Waals surface area contributed by atoms with E-state index in [1.54, 1.807) is 13.8 Å². The number of rotatable bonds is 4. The van der Waals surface area contributed by atoms with Crippen LogP contribution in [0, 0.1) is 5.41 Å². The molecule has 1 saturated heterocycles. The lowest BCUT2D eigenvalue weighted by Gasteiger charge is -2.31. The Morgan fingerprint density at radius 1 is 1.12 bits per heavy atom. The molecular formula is C12H20NO3-. The zero-order chi connectivity index (χ0) is 12.2. The Hall–Kier alpha value is -1.06. The van der Waals surface area contributed by atoms with E-state index in [1.165, 1.54) is 6.42 Å². The first-order chi connectivity index (χ1) is 7.41. The van der Waals surface area contributed by atoms with E-state index in [0.29, 0.717) is 6.42 Å². The third kappa shape index (κ3) is 4.21. The Morgan fingerprint density at radius 2 is 1.69 bits per heavy atom. The summed E-state index contributed by atoms with van der Waals surface area (Å²) in [4.78, 5) is 24.3. The Bertz CT molecular complexity index is 267. The SMILES string of the molecule is CC(C)(CC(=O)[O-])CC(=O)N1CCCCC1. The third-order valence-corrected chi connectivity index (χ3v) is 2.96. The van der Waals surface area contributed by atoms with Crippen molar-refractivity contribution in [2.45, 2.75) is 46.0 Å². The molecule has 0 aromatic heterocycles. The lowest BCUT2D eigenvalue weighted by molar-refractivity contribution is -0.307. The zero-order valence-electron chi connectivity index (χ0n) is 10.1. The molecule has 0 spiro atoms. The average molecular weight is 226 g/mol. The summed E-state index contributed by atoms with van der Waals surface area (Å²) in [6.45, 7) is 5.23. The summed E-state index contributed by atoms with van der Waals surface area (Å²) in [5, 5.41) is 10.5. The van der Waals surface area contributed by atoms with Gasteiger partial charge in [-0.05, 0) is 31.1 Å². The van der Waals surface area contributed by atoms with Gasteiger partial charge in [-0.25, -0.2) is 0 Å². The molecule has 0 aromatic carbocycles. The fraction of sp³-hybridized carbons (Fsp3) is 0.833. The molecule has 0 N–H and O–H groups in total. The van der Waals surface area contributed by atoms with Crippen LogP contribution in [0.5, 0.6) is 0 Å². The first-order valence-electron chi connectivity index (χ1n) is 5.88. The van der Waals surface area contributed by atoms with Crippen molar-refractivity contribution in [1.82, 2.24) is 4.90 Å². The Kier molecular flexibility index (Phi) is 4.33. The number of carboxylic acid groups (broad SMARTS) is 1. The molecule has 0 bridgehead atoms. The molecule has 0 aromatic rings. The van der Waals surface area contributed by atoms with Gasteiger partial charge in [-0.15, -0.1) is 0 Å². The highest BCUT2D eigenvalue weighted by Gasteiger charge is 2.26. The molecule has 1 aliphatic rings. The van der Waals surface area contributed by atoms with Crippen LogP contribution in [-0.2, 0) is 9.59 Å². The van der Waals surface area contributed by atoms with Crippen LogP contribution in [0.2, 0.25) is 0 Å². The number of hydrogen-bond acceptors (Lipinski definition) is 3. The molecule has 1 amide bonds. The van der Waals surface area contributed by atoms with Gasteiger partial charge in [0.2, 0.25) is 5.91 Å². The maximum Gasteiger partial charge on any atom is 0.223 e. The van der Waals surface area contributed by atoms with Crippen LogP contribution in [0.15, 0.2) is 0 Å². The van der Waals surface area contributed by atoms with Crippen LogP contribution < -0.4 is 5.11 Å². The lowest BCUT2D eigenvalue weighted by Crippen LogP contribution is -2.39. The minimum absolute atomic E-state index is 0.0629. The summed E-state index contributed by atoms with van der Waals surface area (Å²) in [6.07, 6.45) is 3.54. The highest BCUT2D eigenvalue weighted by Crippen LogP contribution is 2.26. The maximum atomic E-state index is 11.9. The van der Waals surface area contributed by atoms with E-state index in [2.05, 4.69) is 0 Å². The molecule has 4 nitrogen and oxygen atoms in total. The number of carboxylic acids is 1. The van der Waals surface area contributed by atoms with Crippen molar-refractivity contribution in [3.05, 3.63) is 0 Å². The maximum absolute atomic E-state index is 11.9. The number of hydrogen-bond donors (Lipinski definition) is 0. The summed E-state index contributed by atoms with van der Waals surface area (Å²) in [7, 11) is 0. The predicted molar refractivity (Wildman–Crippen MR) is 58.5 cm³/mol. The number of carbonyl (C=O) groups excluding carboxylic acids is 2. The van der Waals surface area contributed by atoms with Crippen LogP contribution in [0.4, 0.5) is 0 Å². The summed E-state index contributed by atoms with van der Waals surface area (Å²) in [5.74, 6) is -1.01. The number of carbonyl (C=O) groups is 2. The summed E-state index contributed by atoms with van der Waals surface area (Å²) < 4.78 is 0. The highest BCUT2D eigenvalue weighted by molar-refractivity contribution is 5.78. The second-order valence-electron chi connectivity index (χ2n) is 5.33. The van der Waals surface area contributed by atoms with Gasteiger partial charge in [-0.1, -0.05) is 13.8 Å². The van der Waals surface area contributed by atoms with Crippen LogP contribution in [-0.4, -0.2) is 29.9 Å². The number of aliphatic carboxylic acids is 1. The minimum Gasteiger partial charge on any atom is -0.550 e. The normalized spacial score (nSPS) is 17.2. The summed E-state index contributed by atoms with van der Waals surface area (Å²) >= 11 is 0. The van der Waals surface area contributed by atoms with Crippen LogP contribution in [0.1, 0.15) is 46.0 Å². The van der Waals surface area contributed by atoms with E-state index in [9.17, 15) is 14.7 Å². The van der Waals surface area contributed by atoms with E-state index in [1.807, 2.05) is 4.90 Å². The largest absolute Gasteiger partial charge is 0.550 e. The topological polar surface area (TPSA) is 60.4 Å². The Morgan fingerprint density at radius 3 is 2.19 bits per heavy atom. The number of nitrogens with zero attached hydrogens (tertiary/aromatic N) is 1. The summed E-state index contributed by atoms with van der Waals surface area (Å²) in [6, 6.07) is 0. The van der Waals surface area contributed by atoms with Gasteiger partial charge in [0.25, 0.3) is 0 Å². The molecule has 1 heterocycles. The minimum atomic E-state index is -1.09. The highest BCUT2D eigenvalue weighted by atomic mass is 16.4. The van der Waals surface area contributed by atoms with Crippen molar-refractivity contribution in [1.29, 1.82) is 0 Å². The zero-order valence-corrected chi connectivity index (χ0v) is 10.1. The number of likely N-dealkylation sites (tertiary alicyclic amines) is 1. The van der Waals surface area contributed by atoms with E-state index in [0.717, 1.165) is 25.9 Å². The lowest BCUT2D eigenvalue weighted by atomic mass is 9.85. The average Bonchev–Trinajstić information content (AvgIpc) is 2.16. The van der Waals surface area contributed by atoms with Gasteiger partial charge in [-0.3, -0.25) is 4.79 Å². The molecule has 4 heteroatoms. The van der Waals surface area contributed by atoms with E-state index < -0.39 is 11.4 Å². The fourth-order valence-corrected chi connectivity index (χ4v) is 2.12. The standard InChI is InChI=1S/C12H21NO3/c1-12(2,9-11(15)16)8-10(14)13-6-4-3-5-7-13/h3-9H2,1-2H3,(H,15,16)/p-1. The fourth-order valence-electron chi connectivity index (χ4n) is 2.12. The van der Waals surface area contributed by atoms with Crippen molar-refractivity contribution >= 4 is 11.9 Å². The van der Waals surface area contributed by atoms with Gasteiger partial charge in [-0.2, -0.15) is 0 Å². The van der Waals surface area contributed by atoms with Crippen molar-refractivity contribution in [2.75, 3.05) is 13.1 Å². The van der Waals surface area contributed by atoms with Crippen molar-refractivity contribution in [3.63, 3.8) is 0 Å². The Balaban J connectivity index is 2.45. The van der Waals surface area contributed by atoms with E-state index in [-0.39, 0.29) is 12.3 Å². The molecule has 92 valence electrons. The van der Waals surface area contributed by atoms with E-state index in [4.69, 9.17) is 0 Å². The molecule has 0 saturated carbocycles. The van der Waals surface area contributed by atoms with Gasteiger partial charge in [0.05, 0.1) is 0 Å². The molecule has 1 fully saturated rings. The van der Waals surface area contributed by atoms with Crippen LogP contribution in [0.25, 0.3) is 0 Å². The van der Waals surface area contributed by atoms with Crippen molar-refractivity contribution in [3.8, 4) is 0 Å². The number of piperidine rings is 1. The molecule has 1 rings (SSSR count). The number of amides is 1. The molecule has 1 aliphatic heterocycles. The first-order valence-corrected chi connectivity index (χ1v) is 5.88. The first kappa shape index (κ1) is 13.0. The van der Waals surface area contributed by atoms with Crippen molar-refractivity contribution < 1.29 is 14.7 Å². The second-order valence-corrected chi connectivity index (χ2v) is 5.33. The van der Waals surface area contributed by atoms with Gasteiger partial charge < -0.3 is 14.8 Å². The molecular weight excluding hydrogens is 206 g/mol. The molecule has 0 atom stereocenters. The molecule has 0 radical (unpaired) electrons. The monoisotopic (exact) mass is 226 g/mol. The van der Waals surface area contributed by atoms with Crippen LogP contribution in [0.3, 0.4) is 0 Å².